The molecule has 1 aliphatic heterocycles. The molecule has 1 saturated heterocycles. The first-order valence-corrected chi connectivity index (χ1v) is 6.18. The van der Waals surface area contributed by atoms with E-state index in [2.05, 4.69) is 0 Å². The summed E-state index contributed by atoms with van der Waals surface area (Å²) < 4.78 is 0. The molecule has 0 spiro atoms. The van der Waals surface area contributed by atoms with Crippen LogP contribution < -0.4 is 0 Å². The number of alkyl halides is 1. The summed E-state index contributed by atoms with van der Waals surface area (Å²) in [5.41, 5.74) is 0. The smallest absolute Gasteiger partial charge is 0.223 e. The maximum atomic E-state index is 11.6. The van der Waals surface area contributed by atoms with Crippen LogP contribution in [0.2, 0.25) is 0 Å². The van der Waals surface area contributed by atoms with Gasteiger partial charge in [-0.3, -0.25) is 4.79 Å². The summed E-state index contributed by atoms with van der Waals surface area (Å²) in [6.45, 7) is 2.00. The summed E-state index contributed by atoms with van der Waals surface area (Å²) in [5.74, 6) is 2.31. The molecule has 1 amide bonds. The summed E-state index contributed by atoms with van der Waals surface area (Å²) in [7, 11) is 0. The fraction of sp³-hybridized carbons (Fsp3) is 0.909. The van der Waals surface area contributed by atoms with Crippen molar-refractivity contribution in [3.05, 3.63) is 0 Å². The van der Waals surface area contributed by atoms with E-state index in [0.29, 0.717) is 12.3 Å². The number of fused-ring (bicyclic) bond motifs is 1. The third-order valence-corrected chi connectivity index (χ3v) is 3.83. The minimum absolute atomic E-state index is 0.259. The van der Waals surface area contributed by atoms with Crippen LogP contribution in [0.5, 0.6) is 0 Å². The molecule has 2 aliphatic rings. The van der Waals surface area contributed by atoms with Gasteiger partial charge >= 0.3 is 0 Å². The molecule has 14 heavy (non-hydrogen) atoms. The monoisotopic (exact) mass is 215 g/mol. The second-order valence-electron chi connectivity index (χ2n) is 4.54. The highest BCUT2D eigenvalue weighted by atomic mass is 35.5. The molecule has 2 rings (SSSR count). The molecular formula is C11H18ClNO. The van der Waals surface area contributed by atoms with E-state index in [1.807, 2.05) is 4.90 Å². The molecular weight excluding hydrogens is 198 g/mol. The Morgan fingerprint density at radius 3 is 2.29 bits per heavy atom. The number of amides is 1. The maximum absolute atomic E-state index is 11.6. The molecule has 2 nitrogen and oxygen atoms in total. The molecule has 1 saturated carbocycles. The van der Waals surface area contributed by atoms with E-state index in [4.69, 9.17) is 11.6 Å². The average Bonchev–Trinajstić information content (AvgIpc) is 2.61. The molecule has 0 bridgehead atoms. The van der Waals surface area contributed by atoms with E-state index < -0.39 is 0 Å². The van der Waals surface area contributed by atoms with E-state index in [0.717, 1.165) is 24.9 Å². The standard InChI is InChI=1S/C11H18ClNO/c12-6-5-11(14)13-7-9-3-1-2-4-10(9)8-13/h9-10H,1-8H2. The van der Waals surface area contributed by atoms with Crippen molar-refractivity contribution in [3.63, 3.8) is 0 Å². The van der Waals surface area contributed by atoms with Gasteiger partial charge in [0.25, 0.3) is 0 Å². The highest BCUT2D eigenvalue weighted by molar-refractivity contribution is 6.18. The lowest BCUT2D eigenvalue weighted by molar-refractivity contribution is -0.129. The number of carbonyl (C=O) groups is 1. The van der Waals surface area contributed by atoms with Crippen molar-refractivity contribution < 1.29 is 4.79 Å². The van der Waals surface area contributed by atoms with Crippen LogP contribution in [-0.4, -0.2) is 29.8 Å². The number of carbonyl (C=O) groups excluding carboxylic acids is 1. The van der Waals surface area contributed by atoms with E-state index in [-0.39, 0.29) is 5.91 Å². The van der Waals surface area contributed by atoms with Crippen molar-refractivity contribution in [1.29, 1.82) is 0 Å². The van der Waals surface area contributed by atoms with Crippen molar-refractivity contribution in [1.82, 2.24) is 4.90 Å². The second-order valence-corrected chi connectivity index (χ2v) is 4.92. The average molecular weight is 216 g/mol. The first-order chi connectivity index (χ1) is 6.81. The summed E-state index contributed by atoms with van der Waals surface area (Å²) in [6.07, 6.45) is 5.89. The van der Waals surface area contributed by atoms with Gasteiger partial charge in [-0.1, -0.05) is 12.8 Å². The number of hydrogen-bond donors (Lipinski definition) is 0. The number of likely N-dealkylation sites (tertiary alicyclic amines) is 1. The molecule has 0 radical (unpaired) electrons. The Labute approximate surface area is 90.6 Å². The quantitative estimate of drug-likeness (QED) is 0.648. The molecule has 3 heteroatoms. The molecule has 2 fully saturated rings. The van der Waals surface area contributed by atoms with Gasteiger partial charge < -0.3 is 4.90 Å². The van der Waals surface area contributed by atoms with Crippen LogP contribution in [0.25, 0.3) is 0 Å². The summed E-state index contributed by atoms with van der Waals surface area (Å²) in [6, 6.07) is 0. The Bertz CT molecular complexity index is 205. The lowest BCUT2D eigenvalue weighted by Gasteiger charge is -2.22. The fourth-order valence-corrected chi connectivity index (χ4v) is 3.01. The van der Waals surface area contributed by atoms with E-state index in [9.17, 15) is 4.79 Å². The van der Waals surface area contributed by atoms with Crippen molar-refractivity contribution in [3.8, 4) is 0 Å². The number of nitrogens with zero attached hydrogens (tertiary/aromatic N) is 1. The zero-order valence-electron chi connectivity index (χ0n) is 8.54. The molecule has 80 valence electrons. The normalized spacial score (nSPS) is 31.6. The molecule has 2 atom stereocenters. The van der Waals surface area contributed by atoms with Crippen molar-refractivity contribution in [2.45, 2.75) is 32.1 Å². The van der Waals surface area contributed by atoms with Gasteiger partial charge in [0.2, 0.25) is 5.91 Å². The zero-order valence-corrected chi connectivity index (χ0v) is 9.30. The van der Waals surface area contributed by atoms with Crippen LogP contribution in [0.4, 0.5) is 0 Å². The Kier molecular flexibility index (Phi) is 3.32. The molecule has 0 aromatic heterocycles. The van der Waals surface area contributed by atoms with E-state index in [1.54, 1.807) is 0 Å². The van der Waals surface area contributed by atoms with Gasteiger partial charge in [-0.15, -0.1) is 11.6 Å². The Morgan fingerprint density at radius 2 is 1.79 bits per heavy atom. The first kappa shape index (κ1) is 10.3. The van der Waals surface area contributed by atoms with Gasteiger partial charge in [-0.05, 0) is 24.7 Å². The Morgan fingerprint density at radius 1 is 1.21 bits per heavy atom. The first-order valence-electron chi connectivity index (χ1n) is 5.65. The minimum Gasteiger partial charge on any atom is -0.342 e. The van der Waals surface area contributed by atoms with Crippen LogP contribution in [0.15, 0.2) is 0 Å². The Hall–Kier alpha value is -0.240. The van der Waals surface area contributed by atoms with Crippen molar-refractivity contribution in [2.75, 3.05) is 19.0 Å². The van der Waals surface area contributed by atoms with Gasteiger partial charge in [-0.2, -0.15) is 0 Å². The number of rotatable bonds is 2. The van der Waals surface area contributed by atoms with E-state index >= 15 is 0 Å². The summed E-state index contributed by atoms with van der Waals surface area (Å²) in [5, 5.41) is 0. The van der Waals surface area contributed by atoms with Crippen LogP contribution >= 0.6 is 11.6 Å². The molecule has 0 N–H and O–H groups in total. The number of halogens is 1. The fourth-order valence-electron chi connectivity index (χ4n) is 2.85. The summed E-state index contributed by atoms with van der Waals surface area (Å²) >= 11 is 5.58. The number of hydrogen-bond acceptors (Lipinski definition) is 1. The van der Waals surface area contributed by atoms with Gasteiger partial charge in [-0.25, -0.2) is 0 Å². The van der Waals surface area contributed by atoms with Crippen LogP contribution in [0.1, 0.15) is 32.1 Å². The molecule has 0 aromatic carbocycles. The summed E-state index contributed by atoms with van der Waals surface area (Å²) in [4.78, 5) is 13.7. The van der Waals surface area contributed by atoms with E-state index in [1.165, 1.54) is 25.7 Å². The molecule has 1 aliphatic carbocycles. The lowest BCUT2D eigenvalue weighted by atomic mass is 9.82. The van der Waals surface area contributed by atoms with Crippen LogP contribution in [0.3, 0.4) is 0 Å². The highest BCUT2D eigenvalue weighted by Crippen LogP contribution is 2.36. The minimum atomic E-state index is 0.259. The van der Waals surface area contributed by atoms with Crippen LogP contribution in [0, 0.1) is 11.8 Å². The van der Waals surface area contributed by atoms with Gasteiger partial charge in [0.05, 0.1) is 0 Å². The zero-order chi connectivity index (χ0) is 9.97. The van der Waals surface area contributed by atoms with Crippen molar-refractivity contribution >= 4 is 17.5 Å². The van der Waals surface area contributed by atoms with Crippen molar-refractivity contribution in [2.24, 2.45) is 11.8 Å². The molecule has 0 aromatic rings. The predicted molar refractivity (Wildman–Crippen MR) is 57.4 cm³/mol. The Balaban J connectivity index is 1.89. The molecule has 1 heterocycles. The predicted octanol–water partition coefficient (Wildman–Crippen LogP) is 2.26. The van der Waals surface area contributed by atoms with Gasteiger partial charge in [0.1, 0.15) is 0 Å². The largest absolute Gasteiger partial charge is 0.342 e. The van der Waals surface area contributed by atoms with Gasteiger partial charge in [0, 0.05) is 25.4 Å². The lowest BCUT2D eigenvalue weighted by Crippen LogP contribution is -2.28. The second kappa shape index (κ2) is 4.52. The SMILES string of the molecule is O=C(CCCl)N1CC2CCCCC2C1. The topological polar surface area (TPSA) is 20.3 Å². The maximum Gasteiger partial charge on any atom is 0.223 e. The third kappa shape index (κ3) is 2.05. The third-order valence-electron chi connectivity index (χ3n) is 3.64. The van der Waals surface area contributed by atoms with Crippen LogP contribution in [-0.2, 0) is 4.79 Å². The highest BCUT2D eigenvalue weighted by Gasteiger charge is 2.35. The van der Waals surface area contributed by atoms with Gasteiger partial charge in [0.15, 0.2) is 0 Å². The molecule has 2 unspecified atom stereocenters.